The van der Waals surface area contributed by atoms with Crippen LogP contribution in [0.1, 0.15) is 5.69 Å². The molecule has 2 rings (SSSR count). The van der Waals surface area contributed by atoms with E-state index in [4.69, 9.17) is 14.6 Å². The largest absolute Gasteiger partial charge is 0.472 e. The Bertz CT molecular complexity index is 351. The topological polar surface area (TPSA) is 65.2 Å². The lowest BCUT2D eigenvalue weighted by molar-refractivity contribution is 0.556. The Morgan fingerprint density at radius 1 is 1.42 bits per heavy atom. The van der Waals surface area contributed by atoms with Crippen LogP contribution in [0.4, 0.5) is 0 Å². The minimum absolute atomic E-state index is 0.390. The number of furan rings is 1. The molecular weight excluding hydrogens is 156 g/mol. The van der Waals surface area contributed by atoms with Gasteiger partial charge in [-0.15, -0.1) is 0 Å². The number of oxazole rings is 1. The Morgan fingerprint density at radius 3 is 2.92 bits per heavy atom. The molecule has 0 spiro atoms. The highest BCUT2D eigenvalue weighted by Crippen LogP contribution is 2.18. The van der Waals surface area contributed by atoms with Gasteiger partial charge in [0.05, 0.1) is 17.5 Å². The summed E-state index contributed by atoms with van der Waals surface area (Å²) in [6.07, 6.45) is 4.69. The van der Waals surface area contributed by atoms with Crippen LogP contribution in [0.15, 0.2) is 33.7 Å². The van der Waals surface area contributed by atoms with Crippen molar-refractivity contribution in [2.24, 2.45) is 5.73 Å². The summed E-state index contributed by atoms with van der Waals surface area (Å²) in [5, 5.41) is 0. The molecule has 0 saturated heterocycles. The summed E-state index contributed by atoms with van der Waals surface area (Å²) in [4.78, 5) is 4.12. The van der Waals surface area contributed by atoms with Crippen LogP contribution in [0.5, 0.6) is 0 Å². The number of hydrogen-bond donors (Lipinski definition) is 1. The summed E-state index contributed by atoms with van der Waals surface area (Å²) in [6, 6.07) is 1.78. The Kier molecular flexibility index (Phi) is 1.68. The average molecular weight is 164 g/mol. The summed E-state index contributed by atoms with van der Waals surface area (Å²) in [5.41, 5.74) is 6.94. The molecule has 0 atom stereocenters. The molecule has 2 heterocycles. The molecule has 0 aliphatic heterocycles. The fourth-order valence-corrected chi connectivity index (χ4v) is 0.919. The van der Waals surface area contributed by atoms with Crippen LogP contribution in [0.25, 0.3) is 11.5 Å². The second-order valence-electron chi connectivity index (χ2n) is 2.36. The van der Waals surface area contributed by atoms with Gasteiger partial charge in [0.15, 0.2) is 0 Å². The van der Waals surface area contributed by atoms with Gasteiger partial charge in [0.1, 0.15) is 12.5 Å². The monoisotopic (exact) mass is 164 g/mol. The van der Waals surface area contributed by atoms with Crippen LogP contribution in [0, 0.1) is 0 Å². The van der Waals surface area contributed by atoms with Crippen molar-refractivity contribution < 1.29 is 8.83 Å². The fraction of sp³-hybridized carbons (Fsp3) is 0.125. The molecule has 2 N–H and O–H groups in total. The van der Waals surface area contributed by atoms with Crippen molar-refractivity contribution in [2.45, 2.75) is 6.54 Å². The molecule has 0 radical (unpaired) electrons. The zero-order valence-electron chi connectivity index (χ0n) is 6.36. The molecule has 0 bridgehead atoms. The average Bonchev–Trinajstić information content (AvgIpc) is 2.75. The maximum atomic E-state index is 5.37. The summed E-state index contributed by atoms with van der Waals surface area (Å²) >= 11 is 0. The van der Waals surface area contributed by atoms with E-state index in [0.717, 1.165) is 11.3 Å². The second-order valence-corrected chi connectivity index (χ2v) is 2.36. The van der Waals surface area contributed by atoms with Crippen molar-refractivity contribution in [3.8, 4) is 11.5 Å². The van der Waals surface area contributed by atoms with Crippen molar-refractivity contribution in [3.63, 3.8) is 0 Å². The predicted octanol–water partition coefficient (Wildman–Crippen LogP) is 1.39. The number of nitrogens with zero attached hydrogens (tertiary/aromatic N) is 1. The third kappa shape index (κ3) is 1.12. The molecule has 0 fully saturated rings. The summed E-state index contributed by atoms with van der Waals surface area (Å²) in [5.74, 6) is 0.546. The number of aromatic nitrogens is 1. The summed E-state index contributed by atoms with van der Waals surface area (Å²) < 4.78 is 10.0. The third-order valence-corrected chi connectivity index (χ3v) is 1.53. The Balaban J connectivity index is 2.35. The molecule has 2 aromatic heterocycles. The first kappa shape index (κ1) is 7.12. The first-order valence-corrected chi connectivity index (χ1v) is 3.57. The lowest BCUT2D eigenvalue weighted by atomic mass is 10.3. The van der Waals surface area contributed by atoms with E-state index in [0.29, 0.717) is 12.4 Å². The first-order valence-electron chi connectivity index (χ1n) is 3.57. The summed E-state index contributed by atoms with van der Waals surface area (Å²) in [7, 11) is 0. The number of hydrogen-bond acceptors (Lipinski definition) is 4. The van der Waals surface area contributed by atoms with Crippen LogP contribution in [0.3, 0.4) is 0 Å². The minimum Gasteiger partial charge on any atom is -0.472 e. The standard InChI is InChI=1S/C8H8N2O2/c9-3-7-5-12-8(10-7)6-1-2-11-4-6/h1-2,4-5H,3,9H2. The molecule has 0 aromatic carbocycles. The van der Waals surface area contributed by atoms with E-state index in [1.165, 1.54) is 0 Å². The summed E-state index contributed by atoms with van der Waals surface area (Å²) in [6.45, 7) is 0.390. The van der Waals surface area contributed by atoms with E-state index in [2.05, 4.69) is 4.98 Å². The quantitative estimate of drug-likeness (QED) is 0.728. The second kappa shape index (κ2) is 2.83. The molecule has 0 saturated carbocycles. The van der Waals surface area contributed by atoms with Gasteiger partial charge in [0.25, 0.3) is 0 Å². The van der Waals surface area contributed by atoms with Gasteiger partial charge in [-0.2, -0.15) is 0 Å². The van der Waals surface area contributed by atoms with Gasteiger partial charge >= 0.3 is 0 Å². The van der Waals surface area contributed by atoms with Gasteiger partial charge in [-0.1, -0.05) is 0 Å². The van der Waals surface area contributed by atoms with E-state index >= 15 is 0 Å². The molecule has 0 unspecified atom stereocenters. The van der Waals surface area contributed by atoms with Gasteiger partial charge in [-0.25, -0.2) is 4.98 Å². The van der Waals surface area contributed by atoms with Crippen LogP contribution in [-0.2, 0) is 6.54 Å². The van der Waals surface area contributed by atoms with E-state index in [9.17, 15) is 0 Å². The third-order valence-electron chi connectivity index (χ3n) is 1.53. The van der Waals surface area contributed by atoms with Crippen molar-refractivity contribution in [2.75, 3.05) is 0 Å². The molecule has 4 nitrogen and oxygen atoms in total. The normalized spacial score (nSPS) is 10.4. The van der Waals surface area contributed by atoms with Crippen LogP contribution < -0.4 is 5.73 Å². The van der Waals surface area contributed by atoms with Crippen molar-refractivity contribution in [1.29, 1.82) is 0 Å². The first-order chi connectivity index (χ1) is 5.90. The molecule has 0 aliphatic rings. The highest BCUT2D eigenvalue weighted by atomic mass is 16.3. The minimum atomic E-state index is 0.390. The smallest absolute Gasteiger partial charge is 0.229 e. The van der Waals surface area contributed by atoms with E-state index in [1.54, 1.807) is 24.9 Å². The highest BCUT2D eigenvalue weighted by Gasteiger charge is 2.05. The molecule has 4 heteroatoms. The Labute approximate surface area is 69.0 Å². The Morgan fingerprint density at radius 2 is 2.33 bits per heavy atom. The van der Waals surface area contributed by atoms with Gasteiger partial charge in [0.2, 0.25) is 5.89 Å². The van der Waals surface area contributed by atoms with Gasteiger partial charge < -0.3 is 14.6 Å². The van der Waals surface area contributed by atoms with Crippen molar-refractivity contribution in [3.05, 3.63) is 30.5 Å². The molecule has 62 valence electrons. The van der Waals surface area contributed by atoms with E-state index in [-0.39, 0.29) is 0 Å². The van der Waals surface area contributed by atoms with Gasteiger partial charge in [-0.3, -0.25) is 0 Å². The predicted molar refractivity (Wildman–Crippen MR) is 42.1 cm³/mol. The lowest BCUT2D eigenvalue weighted by Gasteiger charge is -1.83. The SMILES string of the molecule is NCc1coc(-c2ccoc2)n1. The van der Waals surface area contributed by atoms with Crippen LogP contribution in [0.2, 0.25) is 0 Å². The highest BCUT2D eigenvalue weighted by molar-refractivity contribution is 5.50. The molecule has 2 aromatic rings. The van der Waals surface area contributed by atoms with Gasteiger partial charge in [0, 0.05) is 6.54 Å². The maximum absolute atomic E-state index is 5.37. The zero-order valence-corrected chi connectivity index (χ0v) is 6.36. The van der Waals surface area contributed by atoms with Gasteiger partial charge in [-0.05, 0) is 6.07 Å². The fourth-order valence-electron chi connectivity index (χ4n) is 0.919. The Hall–Kier alpha value is -1.55. The number of rotatable bonds is 2. The molecule has 0 aliphatic carbocycles. The molecular formula is C8H8N2O2. The van der Waals surface area contributed by atoms with E-state index in [1.807, 2.05) is 0 Å². The molecule has 12 heavy (non-hydrogen) atoms. The maximum Gasteiger partial charge on any atom is 0.229 e. The lowest BCUT2D eigenvalue weighted by Crippen LogP contribution is -1.95. The number of nitrogens with two attached hydrogens (primary N) is 1. The van der Waals surface area contributed by atoms with Crippen molar-refractivity contribution in [1.82, 2.24) is 4.98 Å². The zero-order chi connectivity index (χ0) is 8.39. The van der Waals surface area contributed by atoms with Crippen LogP contribution in [-0.4, -0.2) is 4.98 Å². The van der Waals surface area contributed by atoms with Crippen molar-refractivity contribution >= 4 is 0 Å². The van der Waals surface area contributed by atoms with E-state index < -0.39 is 0 Å². The van der Waals surface area contributed by atoms with Crippen LogP contribution >= 0.6 is 0 Å². The molecule has 0 amide bonds.